The first-order chi connectivity index (χ1) is 10.1. The minimum Gasteiger partial charge on any atom is -0.384 e. The van der Waals surface area contributed by atoms with E-state index in [1.807, 2.05) is 6.07 Å². The molecule has 1 saturated heterocycles. The summed E-state index contributed by atoms with van der Waals surface area (Å²) in [4.78, 5) is 2.66. The highest BCUT2D eigenvalue weighted by Crippen LogP contribution is 2.25. The maximum absolute atomic E-state index is 12.5. The maximum Gasteiger partial charge on any atom is 0.240 e. The minimum atomic E-state index is -3.43. The summed E-state index contributed by atoms with van der Waals surface area (Å²) in [6.07, 6.45) is 2.93. The summed E-state index contributed by atoms with van der Waals surface area (Å²) >= 11 is 0. The first kappa shape index (κ1) is 14.8. The molecular weight excluding hydrogens is 286 g/mol. The van der Waals surface area contributed by atoms with Crippen molar-refractivity contribution in [3.05, 3.63) is 23.8 Å². The largest absolute Gasteiger partial charge is 0.384 e. The molecule has 21 heavy (non-hydrogen) atoms. The van der Waals surface area contributed by atoms with E-state index in [1.54, 1.807) is 12.1 Å². The van der Waals surface area contributed by atoms with Gasteiger partial charge in [0.05, 0.1) is 4.90 Å². The molecule has 0 bridgehead atoms. The van der Waals surface area contributed by atoms with Crippen LogP contribution in [0.4, 0.5) is 5.69 Å². The molecule has 0 amide bonds. The Morgan fingerprint density at radius 2 is 2.29 bits per heavy atom. The van der Waals surface area contributed by atoms with Crippen molar-refractivity contribution >= 4 is 15.7 Å². The van der Waals surface area contributed by atoms with Crippen LogP contribution in [0.2, 0.25) is 0 Å². The van der Waals surface area contributed by atoms with Gasteiger partial charge in [0.15, 0.2) is 0 Å². The van der Waals surface area contributed by atoms with E-state index in [4.69, 9.17) is 0 Å². The van der Waals surface area contributed by atoms with Gasteiger partial charge in [-0.2, -0.15) is 0 Å². The highest BCUT2D eigenvalue weighted by molar-refractivity contribution is 7.89. The average molecular weight is 309 g/mol. The third-order valence-corrected chi connectivity index (χ3v) is 5.89. The molecule has 0 radical (unpaired) electrons. The molecule has 116 valence electrons. The summed E-state index contributed by atoms with van der Waals surface area (Å²) in [5.41, 5.74) is 2.15. The summed E-state index contributed by atoms with van der Waals surface area (Å²) < 4.78 is 27.9. The van der Waals surface area contributed by atoms with E-state index in [-0.39, 0.29) is 6.04 Å². The molecule has 1 fully saturated rings. The van der Waals surface area contributed by atoms with Crippen molar-refractivity contribution in [3.8, 4) is 0 Å². The second-order valence-corrected chi connectivity index (χ2v) is 7.56. The molecule has 0 aliphatic carbocycles. The van der Waals surface area contributed by atoms with Gasteiger partial charge in [-0.05, 0) is 50.0 Å². The SMILES string of the molecule is CCN1CCCC(NS(=O)(=O)c2ccc3c(c2)NCC3)C1. The van der Waals surface area contributed by atoms with E-state index in [0.717, 1.165) is 51.1 Å². The Kier molecular flexibility index (Phi) is 4.19. The molecule has 1 atom stereocenters. The molecular formula is C15H23N3O2S. The Hall–Kier alpha value is -1.11. The molecule has 2 N–H and O–H groups in total. The molecule has 0 spiro atoms. The average Bonchev–Trinajstić information content (AvgIpc) is 2.94. The molecule has 2 aliphatic rings. The van der Waals surface area contributed by atoms with E-state index in [0.29, 0.717) is 4.90 Å². The van der Waals surface area contributed by atoms with Gasteiger partial charge in [0.1, 0.15) is 0 Å². The zero-order chi connectivity index (χ0) is 14.9. The van der Waals surface area contributed by atoms with E-state index in [1.165, 1.54) is 5.56 Å². The van der Waals surface area contributed by atoms with E-state index in [2.05, 4.69) is 21.9 Å². The van der Waals surface area contributed by atoms with Crippen molar-refractivity contribution in [2.24, 2.45) is 0 Å². The molecule has 1 aromatic carbocycles. The number of rotatable bonds is 4. The van der Waals surface area contributed by atoms with Crippen LogP contribution in [0.25, 0.3) is 0 Å². The molecule has 2 aliphatic heterocycles. The predicted molar refractivity (Wildman–Crippen MR) is 84.1 cm³/mol. The topological polar surface area (TPSA) is 61.4 Å². The lowest BCUT2D eigenvalue weighted by Crippen LogP contribution is -2.47. The standard InChI is InChI=1S/C15H23N3O2S/c1-2-18-9-3-4-13(11-18)17-21(19,20)14-6-5-12-7-8-16-15(12)10-14/h5-6,10,13,16-17H,2-4,7-9,11H2,1H3. The lowest BCUT2D eigenvalue weighted by atomic mass is 10.1. The smallest absolute Gasteiger partial charge is 0.240 e. The molecule has 0 saturated carbocycles. The van der Waals surface area contributed by atoms with Crippen molar-refractivity contribution < 1.29 is 8.42 Å². The zero-order valence-electron chi connectivity index (χ0n) is 12.4. The van der Waals surface area contributed by atoms with Crippen molar-refractivity contribution in [3.63, 3.8) is 0 Å². The van der Waals surface area contributed by atoms with Crippen molar-refractivity contribution in [2.75, 3.05) is 31.5 Å². The first-order valence-electron chi connectivity index (χ1n) is 7.70. The number of nitrogens with one attached hydrogen (secondary N) is 2. The molecule has 3 rings (SSSR count). The Balaban J connectivity index is 1.74. The Labute approximate surface area is 126 Å². The first-order valence-corrected chi connectivity index (χ1v) is 9.18. The number of likely N-dealkylation sites (N-methyl/N-ethyl adjacent to an activating group) is 1. The maximum atomic E-state index is 12.5. The number of sulfonamides is 1. The summed E-state index contributed by atoms with van der Waals surface area (Å²) in [6, 6.07) is 5.41. The van der Waals surface area contributed by atoms with Crippen LogP contribution in [-0.2, 0) is 16.4 Å². The van der Waals surface area contributed by atoms with Crippen LogP contribution in [0.5, 0.6) is 0 Å². The van der Waals surface area contributed by atoms with E-state index in [9.17, 15) is 8.42 Å². The Bertz CT molecular complexity index is 615. The predicted octanol–water partition coefficient (Wildman–Crippen LogP) is 1.42. The normalized spacial score (nSPS) is 22.8. The molecule has 6 heteroatoms. The van der Waals surface area contributed by atoms with Crippen molar-refractivity contribution in [1.29, 1.82) is 0 Å². The van der Waals surface area contributed by atoms with Gasteiger partial charge in [-0.15, -0.1) is 0 Å². The third-order valence-electron chi connectivity index (χ3n) is 4.38. The van der Waals surface area contributed by atoms with Crippen LogP contribution in [-0.4, -0.2) is 45.5 Å². The fourth-order valence-corrected chi connectivity index (χ4v) is 4.45. The van der Waals surface area contributed by atoms with Gasteiger partial charge >= 0.3 is 0 Å². The zero-order valence-corrected chi connectivity index (χ0v) is 13.2. The van der Waals surface area contributed by atoms with Gasteiger partial charge in [-0.25, -0.2) is 13.1 Å². The van der Waals surface area contributed by atoms with Crippen LogP contribution in [0, 0.1) is 0 Å². The summed E-state index contributed by atoms with van der Waals surface area (Å²) in [7, 11) is -3.43. The number of benzene rings is 1. The number of piperidine rings is 1. The highest BCUT2D eigenvalue weighted by Gasteiger charge is 2.25. The third kappa shape index (κ3) is 3.22. The molecule has 1 aromatic rings. The monoisotopic (exact) mass is 309 g/mol. The van der Waals surface area contributed by atoms with Crippen LogP contribution in [0.3, 0.4) is 0 Å². The van der Waals surface area contributed by atoms with E-state index < -0.39 is 10.0 Å². The quantitative estimate of drug-likeness (QED) is 0.883. The van der Waals surface area contributed by atoms with Crippen LogP contribution in [0.1, 0.15) is 25.3 Å². The fourth-order valence-electron chi connectivity index (χ4n) is 3.16. The Morgan fingerprint density at radius 3 is 3.10 bits per heavy atom. The van der Waals surface area contributed by atoms with Crippen molar-refractivity contribution in [2.45, 2.75) is 37.1 Å². The van der Waals surface area contributed by atoms with Crippen LogP contribution in [0.15, 0.2) is 23.1 Å². The summed E-state index contributed by atoms with van der Waals surface area (Å²) in [5, 5.41) is 3.23. The van der Waals surface area contributed by atoms with Gasteiger partial charge in [0.25, 0.3) is 0 Å². The molecule has 1 unspecified atom stereocenters. The second-order valence-electron chi connectivity index (χ2n) is 5.85. The van der Waals surface area contributed by atoms with Crippen LogP contribution < -0.4 is 10.0 Å². The summed E-state index contributed by atoms with van der Waals surface area (Å²) in [6.45, 7) is 5.85. The number of hydrogen-bond acceptors (Lipinski definition) is 4. The molecule has 0 aromatic heterocycles. The van der Waals surface area contributed by atoms with E-state index >= 15 is 0 Å². The minimum absolute atomic E-state index is 0.0184. The number of nitrogens with zero attached hydrogens (tertiary/aromatic N) is 1. The second kappa shape index (κ2) is 5.94. The molecule has 2 heterocycles. The van der Waals surface area contributed by atoms with Crippen molar-refractivity contribution in [1.82, 2.24) is 9.62 Å². The Morgan fingerprint density at radius 1 is 1.43 bits per heavy atom. The van der Waals surface area contributed by atoms with Gasteiger partial charge < -0.3 is 10.2 Å². The van der Waals surface area contributed by atoms with Gasteiger partial charge in [-0.3, -0.25) is 0 Å². The van der Waals surface area contributed by atoms with Gasteiger partial charge in [0, 0.05) is 24.8 Å². The lowest BCUT2D eigenvalue weighted by molar-refractivity contribution is 0.211. The van der Waals surface area contributed by atoms with Crippen LogP contribution >= 0.6 is 0 Å². The summed E-state index contributed by atoms with van der Waals surface area (Å²) in [5.74, 6) is 0. The highest BCUT2D eigenvalue weighted by atomic mass is 32.2. The number of likely N-dealkylation sites (tertiary alicyclic amines) is 1. The number of fused-ring (bicyclic) bond motifs is 1. The molecule has 5 nitrogen and oxygen atoms in total. The fraction of sp³-hybridized carbons (Fsp3) is 0.600. The number of hydrogen-bond donors (Lipinski definition) is 2. The van der Waals surface area contributed by atoms with Gasteiger partial charge in [-0.1, -0.05) is 13.0 Å². The van der Waals surface area contributed by atoms with Gasteiger partial charge in [0.2, 0.25) is 10.0 Å². The lowest BCUT2D eigenvalue weighted by Gasteiger charge is -2.32. The number of anilines is 1.